The van der Waals surface area contributed by atoms with Crippen molar-refractivity contribution in [3.63, 3.8) is 0 Å². The van der Waals surface area contributed by atoms with E-state index >= 15 is 0 Å². The summed E-state index contributed by atoms with van der Waals surface area (Å²) in [5, 5.41) is 4.08. The molecule has 19 heavy (non-hydrogen) atoms. The van der Waals surface area contributed by atoms with Gasteiger partial charge in [-0.2, -0.15) is 5.10 Å². The van der Waals surface area contributed by atoms with Crippen molar-refractivity contribution in [2.75, 3.05) is 12.3 Å². The number of hydrogen-bond acceptors (Lipinski definition) is 3. The number of likely N-dealkylation sites (tertiary alicyclic amines) is 1. The lowest BCUT2D eigenvalue weighted by Gasteiger charge is -2.44. The minimum absolute atomic E-state index is 0.0715. The summed E-state index contributed by atoms with van der Waals surface area (Å²) >= 11 is 0. The number of aromatic nitrogens is 2. The highest BCUT2D eigenvalue weighted by Gasteiger charge is 2.36. The topological polar surface area (TPSA) is 64.2 Å². The van der Waals surface area contributed by atoms with Gasteiger partial charge in [-0.05, 0) is 31.6 Å². The zero-order chi connectivity index (χ0) is 13.4. The molecule has 1 aromatic rings. The lowest BCUT2D eigenvalue weighted by Crippen LogP contribution is -2.49. The molecule has 1 aliphatic carbocycles. The van der Waals surface area contributed by atoms with E-state index in [4.69, 9.17) is 5.73 Å². The van der Waals surface area contributed by atoms with Crippen LogP contribution < -0.4 is 5.73 Å². The molecule has 1 saturated carbocycles. The number of nitrogens with two attached hydrogens (primary N) is 1. The van der Waals surface area contributed by atoms with Crippen LogP contribution in [0.1, 0.15) is 48.9 Å². The number of carbonyl (C=O) groups excluding carboxylic acids is 1. The van der Waals surface area contributed by atoms with E-state index in [9.17, 15) is 4.79 Å². The van der Waals surface area contributed by atoms with E-state index in [2.05, 4.69) is 10.00 Å². The number of rotatable bonds is 1. The van der Waals surface area contributed by atoms with Crippen LogP contribution >= 0.6 is 0 Å². The SMILES string of the molecule is Cn1ncc(C(=O)N2CCCC3CCCCC32)c1N. The summed E-state index contributed by atoms with van der Waals surface area (Å²) in [6.07, 6.45) is 8.98. The third-order valence-electron chi connectivity index (χ3n) is 4.72. The molecule has 5 nitrogen and oxygen atoms in total. The van der Waals surface area contributed by atoms with Crippen LogP contribution in [0.5, 0.6) is 0 Å². The van der Waals surface area contributed by atoms with Gasteiger partial charge < -0.3 is 10.6 Å². The fraction of sp³-hybridized carbons (Fsp3) is 0.714. The quantitative estimate of drug-likeness (QED) is 0.839. The molecule has 3 rings (SSSR count). The van der Waals surface area contributed by atoms with E-state index in [1.807, 2.05) is 0 Å². The second kappa shape index (κ2) is 4.87. The van der Waals surface area contributed by atoms with Gasteiger partial charge in [0.1, 0.15) is 11.4 Å². The molecule has 2 aliphatic rings. The molecule has 1 saturated heterocycles. The Hall–Kier alpha value is -1.52. The van der Waals surface area contributed by atoms with E-state index in [-0.39, 0.29) is 5.91 Å². The van der Waals surface area contributed by atoms with Crippen LogP contribution in [0.15, 0.2) is 6.20 Å². The first kappa shape index (κ1) is 12.5. The molecular formula is C14H22N4O. The van der Waals surface area contributed by atoms with Crippen molar-refractivity contribution in [1.29, 1.82) is 0 Å². The summed E-state index contributed by atoms with van der Waals surface area (Å²) in [7, 11) is 1.77. The fourth-order valence-electron chi connectivity index (χ4n) is 3.64. The largest absolute Gasteiger partial charge is 0.383 e. The van der Waals surface area contributed by atoms with Gasteiger partial charge in [0.2, 0.25) is 0 Å². The number of anilines is 1. The van der Waals surface area contributed by atoms with E-state index in [1.165, 1.54) is 25.7 Å². The molecule has 5 heteroatoms. The fourth-order valence-corrected chi connectivity index (χ4v) is 3.64. The minimum Gasteiger partial charge on any atom is -0.383 e. The van der Waals surface area contributed by atoms with Gasteiger partial charge in [-0.15, -0.1) is 0 Å². The second-order valence-corrected chi connectivity index (χ2v) is 5.82. The Bertz CT molecular complexity index is 480. The minimum atomic E-state index is 0.0715. The Morgan fingerprint density at radius 1 is 1.32 bits per heavy atom. The Labute approximate surface area is 113 Å². The molecular weight excluding hydrogens is 240 g/mol. The summed E-state index contributed by atoms with van der Waals surface area (Å²) < 4.78 is 1.57. The van der Waals surface area contributed by atoms with E-state index in [1.54, 1.807) is 17.9 Å². The number of carbonyl (C=O) groups is 1. The summed E-state index contributed by atoms with van der Waals surface area (Å²) in [4.78, 5) is 14.7. The van der Waals surface area contributed by atoms with Crippen molar-refractivity contribution in [1.82, 2.24) is 14.7 Å². The molecule has 1 aromatic heterocycles. The first-order chi connectivity index (χ1) is 9.18. The third-order valence-corrected chi connectivity index (χ3v) is 4.72. The van der Waals surface area contributed by atoms with Gasteiger partial charge in [0, 0.05) is 19.6 Å². The van der Waals surface area contributed by atoms with Gasteiger partial charge in [-0.25, -0.2) is 0 Å². The average Bonchev–Trinajstić information content (AvgIpc) is 2.78. The standard InChI is InChI=1S/C14H22N4O/c1-17-13(15)11(9-16-17)14(19)18-8-4-6-10-5-2-3-7-12(10)18/h9-10,12H,2-8,15H2,1H3. The monoisotopic (exact) mass is 262 g/mol. The molecule has 1 aliphatic heterocycles. The number of piperidine rings is 1. The smallest absolute Gasteiger partial charge is 0.259 e. The van der Waals surface area contributed by atoms with Crippen molar-refractivity contribution >= 4 is 11.7 Å². The highest BCUT2D eigenvalue weighted by atomic mass is 16.2. The normalized spacial score (nSPS) is 27.1. The molecule has 0 radical (unpaired) electrons. The highest BCUT2D eigenvalue weighted by Crippen LogP contribution is 2.36. The summed E-state index contributed by atoms with van der Waals surface area (Å²) in [5.74, 6) is 1.24. The van der Waals surface area contributed by atoms with Crippen molar-refractivity contribution in [3.05, 3.63) is 11.8 Å². The van der Waals surface area contributed by atoms with Gasteiger partial charge in [0.05, 0.1) is 6.20 Å². The molecule has 0 aromatic carbocycles. The summed E-state index contributed by atoms with van der Waals surface area (Å²) in [6.45, 7) is 0.869. The summed E-state index contributed by atoms with van der Waals surface area (Å²) in [5.41, 5.74) is 6.49. The molecule has 2 heterocycles. The van der Waals surface area contributed by atoms with Crippen LogP contribution in [0.3, 0.4) is 0 Å². The van der Waals surface area contributed by atoms with Crippen LogP contribution in [-0.4, -0.2) is 33.2 Å². The third kappa shape index (κ3) is 2.11. The first-order valence-electron chi connectivity index (χ1n) is 7.27. The molecule has 2 atom stereocenters. The highest BCUT2D eigenvalue weighted by molar-refractivity contribution is 5.98. The van der Waals surface area contributed by atoms with E-state index < -0.39 is 0 Å². The average molecular weight is 262 g/mol. The number of nitrogens with zero attached hydrogens (tertiary/aromatic N) is 3. The van der Waals surface area contributed by atoms with Gasteiger partial charge >= 0.3 is 0 Å². The van der Waals surface area contributed by atoms with Crippen molar-refractivity contribution in [3.8, 4) is 0 Å². The van der Waals surface area contributed by atoms with Gasteiger partial charge in [-0.3, -0.25) is 9.48 Å². The van der Waals surface area contributed by atoms with Crippen LogP contribution in [0.25, 0.3) is 0 Å². The zero-order valence-corrected chi connectivity index (χ0v) is 11.5. The molecule has 2 N–H and O–H groups in total. The lowest BCUT2D eigenvalue weighted by molar-refractivity contribution is 0.0391. The number of nitrogen functional groups attached to an aromatic ring is 1. The molecule has 0 spiro atoms. The molecule has 0 bridgehead atoms. The number of fused-ring (bicyclic) bond motifs is 1. The Morgan fingerprint density at radius 2 is 2.05 bits per heavy atom. The van der Waals surface area contributed by atoms with Crippen LogP contribution in [0, 0.1) is 5.92 Å². The van der Waals surface area contributed by atoms with E-state index in [0.717, 1.165) is 19.4 Å². The van der Waals surface area contributed by atoms with Crippen LogP contribution in [0.2, 0.25) is 0 Å². The maximum Gasteiger partial charge on any atom is 0.259 e. The van der Waals surface area contributed by atoms with Crippen LogP contribution in [-0.2, 0) is 7.05 Å². The number of hydrogen-bond donors (Lipinski definition) is 1. The van der Waals surface area contributed by atoms with Crippen molar-refractivity contribution in [2.24, 2.45) is 13.0 Å². The predicted molar refractivity (Wildman–Crippen MR) is 73.6 cm³/mol. The van der Waals surface area contributed by atoms with E-state index in [0.29, 0.717) is 23.3 Å². The summed E-state index contributed by atoms with van der Waals surface area (Å²) in [6, 6.07) is 0.426. The number of amides is 1. The van der Waals surface area contributed by atoms with Crippen LogP contribution in [0.4, 0.5) is 5.82 Å². The maximum atomic E-state index is 12.7. The van der Waals surface area contributed by atoms with Gasteiger partial charge in [-0.1, -0.05) is 12.8 Å². The van der Waals surface area contributed by atoms with Gasteiger partial charge in [0.25, 0.3) is 5.91 Å². The molecule has 104 valence electrons. The molecule has 2 fully saturated rings. The van der Waals surface area contributed by atoms with Crippen molar-refractivity contribution < 1.29 is 4.79 Å². The zero-order valence-electron chi connectivity index (χ0n) is 11.5. The molecule has 1 amide bonds. The Kier molecular flexibility index (Phi) is 3.21. The maximum absolute atomic E-state index is 12.7. The lowest BCUT2D eigenvalue weighted by atomic mass is 9.78. The molecule has 2 unspecified atom stereocenters. The van der Waals surface area contributed by atoms with Gasteiger partial charge in [0.15, 0.2) is 0 Å². The first-order valence-corrected chi connectivity index (χ1v) is 7.27. The Morgan fingerprint density at radius 3 is 2.79 bits per heavy atom. The Balaban J connectivity index is 1.84. The predicted octanol–water partition coefficient (Wildman–Crippen LogP) is 1.80. The second-order valence-electron chi connectivity index (χ2n) is 5.82. The van der Waals surface area contributed by atoms with Crippen molar-refractivity contribution in [2.45, 2.75) is 44.6 Å². The number of aryl methyl sites for hydroxylation is 1.